The highest BCUT2D eigenvalue weighted by molar-refractivity contribution is 6.30. The molecule has 1 aromatic heterocycles. The predicted molar refractivity (Wildman–Crippen MR) is 105 cm³/mol. The first-order chi connectivity index (χ1) is 13.4. The molecule has 0 saturated carbocycles. The molecular formula is C19H17ClN4O4. The fourth-order valence-electron chi connectivity index (χ4n) is 2.70. The fraction of sp³-hybridized carbons (Fsp3) is 0.158. The van der Waals surface area contributed by atoms with Crippen LogP contribution in [0, 0.1) is 17.0 Å². The topological polar surface area (TPSA) is 99.3 Å². The van der Waals surface area contributed by atoms with Crippen LogP contribution in [0.5, 0.6) is 5.75 Å². The number of nitrogens with one attached hydrogen (secondary N) is 1. The molecule has 144 valence electrons. The van der Waals surface area contributed by atoms with E-state index in [0.29, 0.717) is 17.4 Å². The van der Waals surface area contributed by atoms with E-state index >= 15 is 0 Å². The van der Waals surface area contributed by atoms with Crippen molar-refractivity contribution in [2.75, 3.05) is 12.4 Å². The quantitative estimate of drug-likeness (QED) is 0.496. The van der Waals surface area contributed by atoms with Crippen LogP contribution in [-0.2, 0) is 6.54 Å². The number of aromatic nitrogens is 2. The van der Waals surface area contributed by atoms with Gasteiger partial charge in [-0.2, -0.15) is 5.10 Å². The van der Waals surface area contributed by atoms with Gasteiger partial charge in [0.25, 0.3) is 5.91 Å². The number of carbonyl (C=O) groups excluding carboxylic acids is 1. The van der Waals surface area contributed by atoms with Gasteiger partial charge in [-0.25, -0.2) is 0 Å². The van der Waals surface area contributed by atoms with Gasteiger partial charge in [0.15, 0.2) is 11.6 Å². The number of aryl methyl sites for hydroxylation is 1. The number of hydrogen-bond acceptors (Lipinski definition) is 5. The third kappa shape index (κ3) is 4.29. The molecule has 9 heteroatoms. The maximum absolute atomic E-state index is 12.5. The second-order valence-corrected chi connectivity index (χ2v) is 6.49. The molecule has 0 aliphatic heterocycles. The Labute approximate surface area is 165 Å². The lowest BCUT2D eigenvalue weighted by molar-refractivity contribution is -0.385. The highest BCUT2D eigenvalue weighted by atomic mass is 35.5. The zero-order chi connectivity index (χ0) is 20.3. The van der Waals surface area contributed by atoms with Crippen molar-refractivity contribution in [3.63, 3.8) is 0 Å². The van der Waals surface area contributed by atoms with Crippen LogP contribution in [0.3, 0.4) is 0 Å². The lowest BCUT2D eigenvalue weighted by Gasteiger charge is -2.06. The number of nitrogens with zero attached hydrogens (tertiary/aromatic N) is 3. The molecule has 1 amide bonds. The third-order valence-electron chi connectivity index (χ3n) is 4.08. The minimum Gasteiger partial charge on any atom is -0.490 e. The highest BCUT2D eigenvalue weighted by Gasteiger charge is 2.19. The van der Waals surface area contributed by atoms with Crippen LogP contribution >= 0.6 is 11.6 Å². The SMILES string of the molecule is COc1ccc(C(=O)Nc2cc(C)n(Cc3cccc(Cl)c3)n2)cc1[N+](=O)[O-]. The van der Waals surface area contributed by atoms with Crippen molar-refractivity contribution in [3.05, 3.63) is 80.5 Å². The van der Waals surface area contributed by atoms with Crippen molar-refractivity contribution < 1.29 is 14.5 Å². The number of benzene rings is 2. The Kier molecular flexibility index (Phi) is 5.60. The molecule has 0 bridgehead atoms. The van der Waals surface area contributed by atoms with Crippen LogP contribution in [0.1, 0.15) is 21.6 Å². The van der Waals surface area contributed by atoms with Gasteiger partial charge < -0.3 is 10.1 Å². The fourth-order valence-corrected chi connectivity index (χ4v) is 2.91. The molecule has 3 aromatic rings. The zero-order valence-electron chi connectivity index (χ0n) is 15.2. The summed E-state index contributed by atoms with van der Waals surface area (Å²) in [6.07, 6.45) is 0. The van der Waals surface area contributed by atoms with E-state index in [0.717, 1.165) is 11.3 Å². The van der Waals surface area contributed by atoms with Crippen LogP contribution in [-0.4, -0.2) is 27.7 Å². The molecule has 1 N–H and O–H groups in total. The maximum atomic E-state index is 12.5. The highest BCUT2D eigenvalue weighted by Crippen LogP contribution is 2.27. The van der Waals surface area contributed by atoms with E-state index in [2.05, 4.69) is 10.4 Å². The predicted octanol–water partition coefficient (Wildman–Crippen LogP) is 4.06. The summed E-state index contributed by atoms with van der Waals surface area (Å²) in [6.45, 7) is 2.36. The zero-order valence-corrected chi connectivity index (χ0v) is 15.9. The van der Waals surface area contributed by atoms with Gasteiger partial charge in [0.1, 0.15) is 0 Å². The van der Waals surface area contributed by atoms with Crippen LogP contribution in [0.15, 0.2) is 48.5 Å². The van der Waals surface area contributed by atoms with Gasteiger partial charge in [-0.3, -0.25) is 19.6 Å². The van der Waals surface area contributed by atoms with E-state index in [1.807, 2.05) is 25.1 Å². The van der Waals surface area contributed by atoms with E-state index in [1.165, 1.54) is 25.3 Å². The summed E-state index contributed by atoms with van der Waals surface area (Å²) in [6, 6.07) is 13.2. The number of anilines is 1. The van der Waals surface area contributed by atoms with Crippen LogP contribution in [0.4, 0.5) is 11.5 Å². The second-order valence-electron chi connectivity index (χ2n) is 6.06. The lowest BCUT2D eigenvalue weighted by Crippen LogP contribution is -2.13. The van der Waals surface area contributed by atoms with Crippen LogP contribution in [0.2, 0.25) is 5.02 Å². The molecule has 0 atom stereocenters. The van der Waals surface area contributed by atoms with Gasteiger partial charge >= 0.3 is 5.69 Å². The summed E-state index contributed by atoms with van der Waals surface area (Å²) in [5.41, 5.74) is 1.67. The standard InChI is InChI=1S/C19H17ClN4O4/c1-12-8-18(22-23(12)11-13-4-3-5-15(20)9-13)21-19(25)14-6-7-17(28-2)16(10-14)24(26)27/h3-10H,11H2,1-2H3,(H,21,22,25). The first kappa shape index (κ1) is 19.4. The Balaban J connectivity index is 1.78. The van der Waals surface area contributed by atoms with Gasteiger partial charge in [0.2, 0.25) is 0 Å². The number of halogens is 1. The molecule has 0 fully saturated rings. The Bertz CT molecular complexity index is 1050. The van der Waals surface area contributed by atoms with Gasteiger partial charge in [0, 0.05) is 28.4 Å². The normalized spacial score (nSPS) is 10.5. The number of nitro benzene ring substituents is 1. The largest absolute Gasteiger partial charge is 0.490 e. The summed E-state index contributed by atoms with van der Waals surface area (Å²) in [5, 5.41) is 18.8. The van der Waals surface area contributed by atoms with Crippen molar-refractivity contribution in [2.24, 2.45) is 0 Å². The Morgan fingerprint density at radius 2 is 2.07 bits per heavy atom. The van der Waals surface area contributed by atoms with E-state index in [4.69, 9.17) is 16.3 Å². The van der Waals surface area contributed by atoms with E-state index in [1.54, 1.807) is 16.8 Å². The first-order valence-corrected chi connectivity index (χ1v) is 8.68. The minimum atomic E-state index is -0.598. The molecule has 3 rings (SSSR count). The smallest absolute Gasteiger partial charge is 0.311 e. The Morgan fingerprint density at radius 1 is 1.29 bits per heavy atom. The molecule has 0 unspecified atom stereocenters. The first-order valence-electron chi connectivity index (χ1n) is 8.30. The van der Waals surface area contributed by atoms with E-state index in [-0.39, 0.29) is 17.0 Å². The summed E-state index contributed by atoms with van der Waals surface area (Å²) < 4.78 is 6.68. The summed E-state index contributed by atoms with van der Waals surface area (Å²) in [5.74, 6) is -0.0654. The number of rotatable bonds is 6. The number of amides is 1. The molecular weight excluding hydrogens is 384 g/mol. The van der Waals surface area contributed by atoms with Crippen molar-refractivity contribution in [3.8, 4) is 5.75 Å². The number of hydrogen-bond donors (Lipinski definition) is 1. The van der Waals surface area contributed by atoms with Crippen molar-refractivity contribution >= 4 is 29.0 Å². The molecule has 0 aliphatic carbocycles. The minimum absolute atomic E-state index is 0.0863. The number of carbonyl (C=O) groups is 1. The average Bonchev–Trinajstić information content (AvgIpc) is 2.99. The molecule has 1 heterocycles. The molecule has 2 aromatic carbocycles. The molecule has 0 aliphatic rings. The maximum Gasteiger partial charge on any atom is 0.311 e. The molecule has 0 saturated heterocycles. The number of nitro groups is 1. The summed E-state index contributed by atoms with van der Waals surface area (Å²) >= 11 is 6.01. The molecule has 0 radical (unpaired) electrons. The summed E-state index contributed by atoms with van der Waals surface area (Å²) in [7, 11) is 1.33. The van der Waals surface area contributed by atoms with Crippen molar-refractivity contribution in [1.82, 2.24) is 9.78 Å². The van der Waals surface area contributed by atoms with E-state index in [9.17, 15) is 14.9 Å². The van der Waals surface area contributed by atoms with Gasteiger partial charge in [-0.05, 0) is 36.8 Å². The van der Waals surface area contributed by atoms with Crippen molar-refractivity contribution in [1.29, 1.82) is 0 Å². The monoisotopic (exact) mass is 400 g/mol. The number of methoxy groups -OCH3 is 1. The molecule has 8 nitrogen and oxygen atoms in total. The van der Waals surface area contributed by atoms with Gasteiger partial charge in [-0.1, -0.05) is 23.7 Å². The molecule has 0 spiro atoms. The lowest BCUT2D eigenvalue weighted by atomic mass is 10.1. The van der Waals surface area contributed by atoms with Crippen LogP contribution in [0.25, 0.3) is 0 Å². The van der Waals surface area contributed by atoms with Crippen LogP contribution < -0.4 is 10.1 Å². The Hall–Kier alpha value is -3.39. The average molecular weight is 401 g/mol. The molecule has 28 heavy (non-hydrogen) atoms. The van der Waals surface area contributed by atoms with Gasteiger partial charge in [-0.15, -0.1) is 0 Å². The summed E-state index contributed by atoms with van der Waals surface area (Å²) in [4.78, 5) is 23.0. The van der Waals surface area contributed by atoms with Gasteiger partial charge in [0.05, 0.1) is 18.6 Å². The Morgan fingerprint density at radius 3 is 2.75 bits per heavy atom. The third-order valence-corrected chi connectivity index (χ3v) is 4.32. The van der Waals surface area contributed by atoms with Crippen molar-refractivity contribution in [2.45, 2.75) is 13.5 Å². The number of ether oxygens (including phenoxy) is 1. The van der Waals surface area contributed by atoms with E-state index < -0.39 is 10.8 Å². The second kappa shape index (κ2) is 8.10.